The Bertz CT molecular complexity index is 1020. The molecule has 33 heavy (non-hydrogen) atoms. The molecule has 1 atom stereocenters. The fraction of sp³-hybridized carbons (Fsp3) is 0.500. The first-order valence-corrected chi connectivity index (χ1v) is 11.9. The van der Waals surface area contributed by atoms with Crippen LogP contribution in [-0.4, -0.2) is 52.3 Å². The van der Waals surface area contributed by atoms with Crippen LogP contribution in [0.3, 0.4) is 0 Å². The monoisotopic (exact) mass is 452 g/mol. The van der Waals surface area contributed by atoms with Crippen molar-refractivity contribution in [2.45, 2.75) is 59.0 Å². The zero-order chi connectivity index (χ0) is 23.5. The standard InChI is InChI=1S/C26H33FN4O2/c1-17-8-9-21(14-28-17)25(32)29-24-13-23(27)12-22(19(24)3)16-30-10-11-31(18(2)15-30)26(33)20-6-4-5-7-20/h8-9,12-14,18,20H,4-7,10-11,15-16H2,1-3H3,(H,29,32). The maximum absolute atomic E-state index is 14.4. The van der Waals surface area contributed by atoms with Crippen molar-refractivity contribution in [2.75, 3.05) is 25.0 Å². The van der Waals surface area contributed by atoms with Crippen LogP contribution in [0.4, 0.5) is 10.1 Å². The largest absolute Gasteiger partial charge is 0.337 e. The summed E-state index contributed by atoms with van der Waals surface area (Å²) in [6.45, 7) is 8.65. The molecule has 2 heterocycles. The molecule has 1 N–H and O–H groups in total. The van der Waals surface area contributed by atoms with E-state index in [-0.39, 0.29) is 23.7 Å². The Morgan fingerprint density at radius 3 is 2.58 bits per heavy atom. The minimum absolute atomic E-state index is 0.133. The summed E-state index contributed by atoms with van der Waals surface area (Å²) in [5.74, 6) is -0.192. The van der Waals surface area contributed by atoms with Crippen LogP contribution in [0.15, 0.2) is 30.5 Å². The number of carbonyl (C=O) groups is 2. The van der Waals surface area contributed by atoms with E-state index in [4.69, 9.17) is 0 Å². The van der Waals surface area contributed by atoms with Crippen LogP contribution < -0.4 is 5.32 Å². The van der Waals surface area contributed by atoms with E-state index >= 15 is 0 Å². The van der Waals surface area contributed by atoms with Crippen LogP contribution in [0.25, 0.3) is 0 Å². The second-order valence-electron chi connectivity index (χ2n) is 9.48. The number of halogens is 1. The Morgan fingerprint density at radius 1 is 1.15 bits per heavy atom. The minimum Gasteiger partial charge on any atom is -0.337 e. The first-order valence-electron chi connectivity index (χ1n) is 11.9. The highest BCUT2D eigenvalue weighted by molar-refractivity contribution is 6.04. The molecule has 6 nitrogen and oxygen atoms in total. The molecule has 1 saturated carbocycles. The highest BCUT2D eigenvalue weighted by Gasteiger charge is 2.33. The van der Waals surface area contributed by atoms with Crippen LogP contribution in [0, 0.1) is 25.6 Å². The second-order valence-corrected chi connectivity index (χ2v) is 9.48. The lowest BCUT2D eigenvalue weighted by molar-refractivity contribution is -0.140. The van der Waals surface area contributed by atoms with E-state index in [1.807, 2.05) is 18.7 Å². The zero-order valence-corrected chi connectivity index (χ0v) is 19.7. The van der Waals surface area contributed by atoms with Gasteiger partial charge in [-0.05, 0) is 69.0 Å². The van der Waals surface area contributed by atoms with Gasteiger partial charge in [-0.2, -0.15) is 0 Å². The van der Waals surface area contributed by atoms with Crippen molar-refractivity contribution in [2.24, 2.45) is 5.92 Å². The van der Waals surface area contributed by atoms with Crippen LogP contribution in [-0.2, 0) is 11.3 Å². The Morgan fingerprint density at radius 2 is 1.91 bits per heavy atom. The number of nitrogens with zero attached hydrogens (tertiary/aromatic N) is 3. The van der Waals surface area contributed by atoms with E-state index in [9.17, 15) is 14.0 Å². The highest BCUT2D eigenvalue weighted by Crippen LogP contribution is 2.29. The van der Waals surface area contributed by atoms with Gasteiger partial charge in [0.05, 0.1) is 5.56 Å². The van der Waals surface area contributed by atoms with Crippen LogP contribution >= 0.6 is 0 Å². The Labute approximate surface area is 195 Å². The van der Waals surface area contributed by atoms with Crippen molar-refractivity contribution in [3.05, 3.63) is 58.7 Å². The molecule has 7 heteroatoms. The summed E-state index contributed by atoms with van der Waals surface area (Å²) in [6.07, 6.45) is 5.86. The number of piperazine rings is 1. The maximum Gasteiger partial charge on any atom is 0.257 e. The highest BCUT2D eigenvalue weighted by atomic mass is 19.1. The molecule has 4 rings (SSSR count). The molecule has 2 amide bonds. The summed E-state index contributed by atoms with van der Waals surface area (Å²) in [4.78, 5) is 33.9. The van der Waals surface area contributed by atoms with Gasteiger partial charge in [-0.1, -0.05) is 12.8 Å². The zero-order valence-electron chi connectivity index (χ0n) is 19.7. The van der Waals surface area contributed by atoms with Gasteiger partial charge in [-0.15, -0.1) is 0 Å². The van der Waals surface area contributed by atoms with E-state index in [0.717, 1.165) is 55.6 Å². The lowest BCUT2D eigenvalue weighted by Crippen LogP contribution is -2.54. The van der Waals surface area contributed by atoms with Gasteiger partial charge >= 0.3 is 0 Å². The minimum atomic E-state index is -0.379. The SMILES string of the molecule is Cc1ccc(C(=O)Nc2cc(F)cc(CN3CCN(C(=O)C4CCCC4)C(C)C3)c2C)cn1. The average Bonchev–Trinajstić information content (AvgIpc) is 3.32. The molecule has 0 spiro atoms. The van der Waals surface area contributed by atoms with Gasteiger partial charge in [-0.3, -0.25) is 19.5 Å². The number of carbonyl (C=O) groups excluding carboxylic acids is 2. The van der Waals surface area contributed by atoms with Crippen molar-refractivity contribution >= 4 is 17.5 Å². The summed E-state index contributed by atoms with van der Waals surface area (Å²) in [6, 6.07) is 6.52. The van der Waals surface area contributed by atoms with Gasteiger partial charge in [0.2, 0.25) is 5.91 Å². The lowest BCUT2D eigenvalue weighted by atomic mass is 10.0. The number of amides is 2. The molecule has 0 radical (unpaired) electrons. The van der Waals surface area contributed by atoms with Gasteiger partial charge in [0.25, 0.3) is 5.91 Å². The van der Waals surface area contributed by atoms with E-state index in [1.165, 1.54) is 12.3 Å². The summed E-state index contributed by atoms with van der Waals surface area (Å²) in [5.41, 5.74) is 3.42. The molecule has 1 aromatic heterocycles. The van der Waals surface area contributed by atoms with Crippen LogP contribution in [0.2, 0.25) is 0 Å². The summed E-state index contributed by atoms with van der Waals surface area (Å²) in [5, 5.41) is 2.84. The van der Waals surface area contributed by atoms with Crippen molar-refractivity contribution in [3.8, 4) is 0 Å². The van der Waals surface area contributed by atoms with Crippen molar-refractivity contribution in [1.29, 1.82) is 0 Å². The predicted octanol–water partition coefficient (Wildman–Crippen LogP) is 4.31. The molecule has 1 unspecified atom stereocenters. The normalized spacial score (nSPS) is 19.6. The lowest BCUT2D eigenvalue weighted by Gasteiger charge is -2.41. The van der Waals surface area contributed by atoms with Crippen molar-refractivity contribution < 1.29 is 14.0 Å². The number of aryl methyl sites for hydroxylation is 1. The fourth-order valence-corrected chi connectivity index (χ4v) is 4.98. The predicted molar refractivity (Wildman–Crippen MR) is 126 cm³/mol. The Kier molecular flexibility index (Phi) is 7.08. The van der Waals surface area contributed by atoms with Gasteiger partial charge in [0, 0.05) is 55.7 Å². The number of rotatable bonds is 5. The van der Waals surface area contributed by atoms with Crippen molar-refractivity contribution in [3.63, 3.8) is 0 Å². The van der Waals surface area contributed by atoms with E-state index in [2.05, 4.69) is 22.1 Å². The number of aromatic nitrogens is 1. The molecule has 1 aromatic carbocycles. The molecule has 2 fully saturated rings. The summed E-state index contributed by atoms with van der Waals surface area (Å²) >= 11 is 0. The van der Waals surface area contributed by atoms with Gasteiger partial charge in [0.15, 0.2) is 0 Å². The first kappa shape index (κ1) is 23.4. The molecule has 2 aliphatic rings. The van der Waals surface area contributed by atoms with E-state index < -0.39 is 0 Å². The number of benzene rings is 1. The second kappa shape index (κ2) is 10.00. The average molecular weight is 453 g/mol. The number of nitrogens with one attached hydrogen (secondary N) is 1. The smallest absolute Gasteiger partial charge is 0.257 e. The number of pyridine rings is 1. The Hall–Kier alpha value is -2.80. The number of anilines is 1. The topological polar surface area (TPSA) is 65.5 Å². The molecular weight excluding hydrogens is 419 g/mol. The molecule has 0 bridgehead atoms. The number of hydrogen-bond acceptors (Lipinski definition) is 4. The van der Waals surface area contributed by atoms with E-state index in [1.54, 1.807) is 18.2 Å². The Balaban J connectivity index is 1.42. The van der Waals surface area contributed by atoms with E-state index in [0.29, 0.717) is 30.2 Å². The third-order valence-corrected chi connectivity index (χ3v) is 6.99. The molecular formula is C26H33FN4O2. The van der Waals surface area contributed by atoms with Gasteiger partial charge in [0.1, 0.15) is 5.82 Å². The third kappa shape index (κ3) is 5.41. The third-order valence-electron chi connectivity index (χ3n) is 6.99. The van der Waals surface area contributed by atoms with Gasteiger partial charge in [-0.25, -0.2) is 4.39 Å². The maximum atomic E-state index is 14.4. The first-order chi connectivity index (χ1) is 15.8. The van der Waals surface area contributed by atoms with Crippen molar-refractivity contribution in [1.82, 2.24) is 14.8 Å². The summed E-state index contributed by atoms with van der Waals surface area (Å²) in [7, 11) is 0. The number of hydrogen-bond donors (Lipinski definition) is 1. The quantitative estimate of drug-likeness (QED) is 0.734. The fourth-order valence-electron chi connectivity index (χ4n) is 4.98. The summed E-state index contributed by atoms with van der Waals surface area (Å²) < 4.78 is 14.4. The van der Waals surface area contributed by atoms with Gasteiger partial charge < -0.3 is 10.2 Å². The molecule has 2 aromatic rings. The molecule has 1 saturated heterocycles. The van der Waals surface area contributed by atoms with Crippen LogP contribution in [0.5, 0.6) is 0 Å². The molecule has 176 valence electrons. The van der Waals surface area contributed by atoms with Crippen LogP contribution in [0.1, 0.15) is 59.8 Å². The molecule has 1 aliphatic carbocycles. The molecule has 1 aliphatic heterocycles.